The van der Waals surface area contributed by atoms with Crippen molar-refractivity contribution in [3.8, 4) is 6.07 Å². The van der Waals surface area contributed by atoms with Crippen LogP contribution >= 0.6 is 0 Å². The van der Waals surface area contributed by atoms with Gasteiger partial charge in [-0.2, -0.15) is 10.2 Å². The Bertz CT molecular complexity index is 668. The van der Waals surface area contributed by atoms with Crippen molar-refractivity contribution in [2.24, 2.45) is 7.05 Å². The molecule has 0 aliphatic carbocycles. The van der Waals surface area contributed by atoms with Crippen molar-refractivity contribution in [2.75, 3.05) is 20.8 Å². The van der Waals surface area contributed by atoms with Crippen LogP contribution in [-0.2, 0) is 31.3 Å². The molecule has 0 spiro atoms. The summed E-state index contributed by atoms with van der Waals surface area (Å²) in [6, 6.07) is 4.11. The second kappa shape index (κ2) is 7.20. The van der Waals surface area contributed by atoms with Crippen molar-refractivity contribution in [1.29, 1.82) is 5.26 Å². The molecule has 2 aromatic rings. The Kier molecular flexibility index (Phi) is 5.31. The number of methoxy groups -OCH3 is 1. The molecule has 7 nitrogen and oxygen atoms in total. The molecule has 7 heteroatoms. The van der Waals surface area contributed by atoms with Crippen LogP contribution in [0.15, 0.2) is 10.6 Å². The Morgan fingerprint density at radius 3 is 2.86 bits per heavy atom. The van der Waals surface area contributed by atoms with E-state index in [9.17, 15) is 0 Å². The van der Waals surface area contributed by atoms with Crippen molar-refractivity contribution in [1.82, 2.24) is 19.6 Å². The molecular formula is C15H21N5O2. The Morgan fingerprint density at radius 1 is 1.45 bits per heavy atom. The Balaban J connectivity index is 1.97. The van der Waals surface area contributed by atoms with Gasteiger partial charge in [-0.1, -0.05) is 5.16 Å². The lowest BCUT2D eigenvalue weighted by molar-refractivity contribution is 0.199. The fourth-order valence-electron chi connectivity index (χ4n) is 2.26. The molecule has 0 fully saturated rings. The largest absolute Gasteiger partial charge is 0.384 e. The highest BCUT2D eigenvalue weighted by Crippen LogP contribution is 2.16. The molecule has 0 aliphatic rings. The lowest BCUT2D eigenvalue weighted by Crippen LogP contribution is -2.18. The maximum atomic E-state index is 9.07. The van der Waals surface area contributed by atoms with Gasteiger partial charge in [-0.3, -0.25) is 4.90 Å². The second-order valence-electron chi connectivity index (χ2n) is 5.33. The minimum atomic E-state index is 0.566. The number of rotatable bonds is 7. The molecular weight excluding hydrogens is 282 g/mol. The third kappa shape index (κ3) is 3.72. The van der Waals surface area contributed by atoms with Crippen molar-refractivity contribution in [3.05, 3.63) is 34.7 Å². The molecule has 0 saturated heterocycles. The predicted octanol–water partition coefficient (Wildman–Crippen LogP) is 1.41. The van der Waals surface area contributed by atoms with E-state index in [1.165, 1.54) is 0 Å². The van der Waals surface area contributed by atoms with Crippen LogP contribution in [0.4, 0.5) is 0 Å². The molecule has 118 valence electrons. The maximum Gasteiger partial charge on any atom is 0.240 e. The molecule has 0 amide bonds. The molecule has 0 saturated carbocycles. The summed E-state index contributed by atoms with van der Waals surface area (Å²) in [5, 5.41) is 13.0. The zero-order valence-corrected chi connectivity index (χ0v) is 13.5. The molecule has 2 heterocycles. The SMILES string of the molecule is COCCc1noc(CN(C)Cc2cc(C#N)n(C)c2C)n1. The highest BCUT2D eigenvalue weighted by atomic mass is 16.5. The van der Waals surface area contributed by atoms with Gasteiger partial charge < -0.3 is 13.8 Å². The highest BCUT2D eigenvalue weighted by Gasteiger charge is 2.13. The predicted molar refractivity (Wildman–Crippen MR) is 79.9 cm³/mol. The molecule has 0 bridgehead atoms. The smallest absolute Gasteiger partial charge is 0.240 e. The zero-order chi connectivity index (χ0) is 16.1. The molecule has 0 radical (unpaired) electrons. The maximum absolute atomic E-state index is 9.07. The van der Waals surface area contributed by atoms with Gasteiger partial charge in [0.2, 0.25) is 5.89 Å². The number of ether oxygens (including phenoxy) is 1. The normalized spacial score (nSPS) is 11.1. The van der Waals surface area contributed by atoms with Crippen molar-refractivity contribution in [2.45, 2.75) is 26.4 Å². The molecule has 2 rings (SSSR count). The van der Waals surface area contributed by atoms with E-state index in [0.29, 0.717) is 37.0 Å². The van der Waals surface area contributed by atoms with Crippen LogP contribution in [-0.4, -0.2) is 40.4 Å². The molecule has 0 atom stereocenters. The van der Waals surface area contributed by atoms with Crippen molar-refractivity contribution < 1.29 is 9.26 Å². The average Bonchev–Trinajstić information content (AvgIpc) is 3.04. The third-order valence-electron chi connectivity index (χ3n) is 3.64. The molecule has 0 aliphatic heterocycles. The number of aromatic nitrogens is 3. The van der Waals surface area contributed by atoms with Gasteiger partial charge in [-0.05, 0) is 25.6 Å². The van der Waals surface area contributed by atoms with Crippen LogP contribution in [0.3, 0.4) is 0 Å². The lowest BCUT2D eigenvalue weighted by atomic mass is 10.2. The number of nitriles is 1. The first-order valence-corrected chi connectivity index (χ1v) is 7.09. The monoisotopic (exact) mass is 303 g/mol. The van der Waals surface area contributed by atoms with Crippen LogP contribution < -0.4 is 0 Å². The summed E-state index contributed by atoms with van der Waals surface area (Å²) in [4.78, 5) is 6.41. The van der Waals surface area contributed by atoms with Gasteiger partial charge in [-0.25, -0.2) is 0 Å². The van der Waals surface area contributed by atoms with E-state index < -0.39 is 0 Å². The number of hydrogen-bond donors (Lipinski definition) is 0. The highest BCUT2D eigenvalue weighted by molar-refractivity contribution is 5.34. The molecule has 0 N–H and O–H groups in total. The quantitative estimate of drug-likeness (QED) is 0.769. The van der Waals surface area contributed by atoms with Crippen molar-refractivity contribution in [3.63, 3.8) is 0 Å². The van der Waals surface area contributed by atoms with E-state index in [1.54, 1.807) is 7.11 Å². The summed E-state index contributed by atoms with van der Waals surface area (Å²) in [6.07, 6.45) is 0.646. The van der Waals surface area contributed by atoms with Gasteiger partial charge in [0, 0.05) is 32.8 Å². The minimum absolute atomic E-state index is 0.566. The summed E-state index contributed by atoms with van der Waals surface area (Å²) in [5.41, 5.74) is 2.89. The number of hydrogen-bond acceptors (Lipinski definition) is 6. The van der Waals surface area contributed by atoms with E-state index in [-0.39, 0.29) is 0 Å². The summed E-state index contributed by atoms with van der Waals surface area (Å²) in [5.74, 6) is 1.25. The first-order valence-electron chi connectivity index (χ1n) is 7.09. The van der Waals surface area contributed by atoms with E-state index in [1.807, 2.05) is 31.7 Å². The van der Waals surface area contributed by atoms with E-state index in [2.05, 4.69) is 21.1 Å². The second-order valence-corrected chi connectivity index (χ2v) is 5.33. The lowest BCUT2D eigenvalue weighted by Gasteiger charge is -2.14. The third-order valence-corrected chi connectivity index (χ3v) is 3.64. The van der Waals surface area contributed by atoms with Gasteiger partial charge in [0.05, 0.1) is 13.2 Å². The van der Waals surface area contributed by atoms with Gasteiger partial charge >= 0.3 is 0 Å². The topological polar surface area (TPSA) is 80.1 Å². The van der Waals surface area contributed by atoms with E-state index in [0.717, 1.165) is 17.8 Å². The molecule has 0 aromatic carbocycles. The Hall–Kier alpha value is -2.17. The zero-order valence-electron chi connectivity index (χ0n) is 13.5. The van der Waals surface area contributed by atoms with Crippen LogP contribution in [0.25, 0.3) is 0 Å². The van der Waals surface area contributed by atoms with Crippen LogP contribution in [0.1, 0.15) is 28.7 Å². The standard InChI is InChI=1S/C15H21N5O2/c1-11-12(7-13(8-16)20(11)3)9-19(2)10-15-17-14(18-22-15)5-6-21-4/h7H,5-6,9-10H2,1-4H3. The average molecular weight is 303 g/mol. The first-order chi connectivity index (χ1) is 10.5. The summed E-state index contributed by atoms with van der Waals surface area (Å²) >= 11 is 0. The van der Waals surface area contributed by atoms with Crippen molar-refractivity contribution >= 4 is 0 Å². The van der Waals surface area contributed by atoms with E-state index >= 15 is 0 Å². The first kappa shape index (κ1) is 16.2. The summed E-state index contributed by atoms with van der Waals surface area (Å²) in [7, 11) is 5.53. The molecule has 0 unspecified atom stereocenters. The van der Waals surface area contributed by atoms with Crippen LogP contribution in [0.5, 0.6) is 0 Å². The molecule has 22 heavy (non-hydrogen) atoms. The number of nitrogens with zero attached hydrogens (tertiary/aromatic N) is 5. The molecule has 2 aromatic heterocycles. The Labute approximate surface area is 130 Å². The fourth-order valence-corrected chi connectivity index (χ4v) is 2.26. The van der Waals surface area contributed by atoms with Gasteiger partial charge in [0.1, 0.15) is 11.8 Å². The van der Waals surface area contributed by atoms with Crippen LogP contribution in [0.2, 0.25) is 0 Å². The fraction of sp³-hybridized carbons (Fsp3) is 0.533. The summed E-state index contributed by atoms with van der Waals surface area (Å²) in [6.45, 7) is 3.88. The minimum Gasteiger partial charge on any atom is -0.384 e. The summed E-state index contributed by atoms with van der Waals surface area (Å²) < 4.78 is 12.1. The van der Waals surface area contributed by atoms with Gasteiger partial charge in [0.25, 0.3) is 0 Å². The van der Waals surface area contributed by atoms with Gasteiger partial charge in [-0.15, -0.1) is 0 Å². The van der Waals surface area contributed by atoms with Gasteiger partial charge in [0.15, 0.2) is 5.82 Å². The van der Waals surface area contributed by atoms with E-state index in [4.69, 9.17) is 14.5 Å². The Morgan fingerprint density at radius 2 is 2.23 bits per heavy atom. The van der Waals surface area contributed by atoms with Crippen LogP contribution in [0, 0.1) is 18.3 Å².